The molecule has 1 heterocycles. The van der Waals surface area contributed by atoms with E-state index in [0.717, 1.165) is 24.3 Å². The first-order valence-corrected chi connectivity index (χ1v) is 6.59. The monoisotopic (exact) mass is 274 g/mol. The largest absolute Gasteiger partial charge is 0.497 e. The standard InChI is InChI=1S/C14H18N4O2/c1-3-4-9-15-14(19)13-10-18(17-16-13)11-5-7-12(20-2)8-6-11/h5-8,10H,3-4,9H2,1-2H3,(H,15,19). The molecule has 1 amide bonds. The number of amides is 1. The molecule has 0 unspecified atom stereocenters. The van der Waals surface area contributed by atoms with Crippen LogP contribution in [-0.2, 0) is 0 Å². The van der Waals surface area contributed by atoms with E-state index < -0.39 is 0 Å². The van der Waals surface area contributed by atoms with E-state index in [0.29, 0.717) is 12.2 Å². The third-order valence-electron chi connectivity index (χ3n) is 2.88. The summed E-state index contributed by atoms with van der Waals surface area (Å²) in [6, 6.07) is 7.37. The van der Waals surface area contributed by atoms with Gasteiger partial charge in [0.2, 0.25) is 0 Å². The number of ether oxygens (including phenoxy) is 1. The predicted molar refractivity (Wildman–Crippen MR) is 75.2 cm³/mol. The number of aromatic nitrogens is 3. The summed E-state index contributed by atoms with van der Waals surface area (Å²) in [6.45, 7) is 2.73. The van der Waals surface area contributed by atoms with Crippen molar-refractivity contribution in [3.8, 4) is 11.4 Å². The Morgan fingerprint density at radius 1 is 1.35 bits per heavy atom. The van der Waals surface area contributed by atoms with Crippen LogP contribution in [0.3, 0.4) is 0 Å². The first kappa shape index (κ1) is 14.0. The number of benzene rings is 1. The Morgan fingerprint density at radius 2 is 2.10 bits per heavy atom. The van der Waals surface area contributed by atoms with Gasteiger partial charge in [-0.2, -0.15) is 0 Å². The molecule has 0 saturated carbocycles. The van der Waals surface area contributed by atoms with Gasteiger partial charge in [0.25, 0.3) is 5.91 Å². The van der Waals surface area contributed by atoms with Gasteiger partial charge in [0.05, 0.1) is 19.0 Å². The Kier molecular flexibility index (Phi) is 4.70. The van der Waals surface area contributed by atoms with E-state index in [1.54, 1.807) is 18.0 Å². The zero-order valence-corrected chi connectivity index (χ0v) is 11.7. The maximum atomic E-state index is 11.8. The van der Waals surface area contributed by atoms with E-state index in [4.69, 9.17) is 4.74 Å². The number of hydrogen-bond donors (Lipinski definition) is 1. The topological polar surface area (TPSA) is 69.0 Å². The van der Waals surface area contributed by atoms with Crippen LogP contribution in [0, 0.1) is 0 Å². The lowest BCUT2D eigenvalue weighted by atomic mass is 10.3. The molecule has 0 atom stereocenters. The SMILES string of the molecule is CCCCNC(=O)c1cn(-c2ccc(OC)cc2)nn1. The number of nitrogens with zero attached hydrogens (tertiary/aromatic N) is 3. The maximum Gasteiger partial charge on any atom is 0.273 e. The number of methoxy groups -OCH3 is 1. The van der Waals surface area contributed by atoms with Crippen LogP contribution in [0.4, 0.5) is 0 Å². The summed E-state index contributed by atoms with van der Waals surface area (Å²) < 4.78 is 6.66. The van der Waals surface area contributed by atoms with Crippen LogP contribution >= 0.6 is 0 Å². The minimum Gasteiger partial charge on any atom is -0.497 e. The van der Waals surface area contributed by atoms with E-state index in [-0.39, 0.29) is 5.91 Å². The van der Waals surface area contributed by atoms with Crippen LogP contribution in [0.1, 0.15) is 30.3 Å². The first-order chi connectivity index (χ1) is 9.74. The van der Waals surface area contributed by atoms with Gasteiger partial charge in [-0.1, -0.05) is 18.6 Å². The number of nitrogens with one attached hydrogen (secondary N) is 1. The molecule has 6 heteroatoms. The molecule has 0 aliphatic heterocycles. The van der Waals surface area contributed by atoms with Crippen LogP contribution in [0.25, 0.3) is 5.69 Å². The second-order valence-electron chi connectivity index (χ2n) is 4.36. The number of carbonyl (C=O) groups excluding carboxylic acids is 1. The molecule has 0 radical (unpaired) electrons. The average molecular weight is 274 g/mol. The molecule has 0 aliphatic carbocycles. The van der Waals surface area contributed by atoms with Crippen molar-refractivity contribution in [1.29, 1.82) is 0 Å². The molecule has 2 rings (SSSR count). The van der Waals surface area contributed by atoms with Gasteiger partial charge in [0.1, 0.15) is 5.75 Å². The van der Waals surface area contributed by atoms with Crippen molar-refractivity contribution >= 4 is 5.91 Å². The Morgan fingerprint density at radius 3 is 2.75 bits per heavy atom. The van der Waals surface area contributed by atoms with Crippen LogP contribution in [-0.4, -0.2) is 34.6 Å². The van der Waals surface area contributed by atoms with Crippen LogP contribution in [0.2, 0.25) is 0 Å². The van der Waals surface area contributed by atoms with Crippen molar-refractivity contribution in [2.75, 3.05) is 13.7 Å². The van der Waals surface area contributed by atoms with Gasteiger partial charge in [-0.05, 0) is 30.7 Å². The van der Waals surface area contributed by atoms with Crippen LogP contribution in [0.5, 0.6) is 5.75 Å². The van der Waals surface area contributed by atoms with E-state index >= 15 is 0 Å². The van der Waals surface area contributed by atoms with Gasteiger partial charge in [0, 0.05) is 6.54 Å². The average Bonchev–Trinajstić information content (AvgIpc) is 2.97. The van der Waals surface area contributed by atoms with Crippen molar-refractivity contribution in [3.63, 3.8) is 0 Å². The van der Waals surface area contributed by atoms with Crippen molar-refractivity contribution in [2.45, 2.75) is 19.8 Å². The highest BCUT2D eigenvalue weighted by Gasteiger charge is 2.10. The Hall–Kier alpha value is -2.37. The third-order valence-corrected chi connectivity index (χ3v) is 2.88. The van der Waals surface area contributed by atoms with Gasteiger partial charge in [0.15, 0.2) is 5.69 Å². The molecule has 6 nitrogen and oxygen atoms in total. The fourth-order valence-electron chi connectivity index (χ4n) is 1.70. The second kappa shape index (κ2) is 6.70. The molecular formula is C14H18N4O2. The van der Waals surface area contributed by atoms with Gasteiger partial charge in [-0.25, -0.2) is 4.68 Å². The number of hydrogen-bond acceptors (Lipinski definition) is 4. The zero-order valence-electron chi connectivity index (χ0n) is 11.7. The smallest absolute Gasteiger partial charge is 0.273 e. The van der Waals surface area contributed by atoms with Crippen molar-refractivity contribution in [1.82, 2.24) is 20.3 Å². The quantitative estimate of drug-likeness (QED) is 0.816. The van der Waals surface area contributed by atoms with Gasteiger partial charge >= 0.3 is 0 Å². The fraction of sp³-hybridized carbons (Fsp3) is 0.357. The summed E-state index contributed by atoms with van der Waals surface area (Å²) >= 11 is 0. The van der Waals surface area contributed by atoms with E-state index in [1.807, 2.05) is 24.3 Å². The molecule has 0 spiro atoms. The number of carbonyl (C=O) groups is 1. The molecule has 20 heavy (non-hydrogen) atoms. The molecule has 1 aromatic carbocycles. The molecular weight excluding hydrogens is 256 g/mol. The van der Waals surface area contributed by atoms with Crippen molar-refractivity contribution in [3.05, 3.63) is 36.2 Å². The molecule has 1 aromatic heterocycles. The molecule has 0 bridgehead atoms. The second-order valence-corrected chi connectivity index (χ2v) is 4.36. The Balaban J connectivity index is 2.05. The summed E-state index contributed by atoms with van der Waals surface area (Å²) in [5, 5.41) is 10.6. The zero-order chi connectivity index (χ0) is 14.4. The highest BCUT2D eigenvalue weighted by Crippen LogP contribution is 2.14. The van der Waals surface area contributed by atoms with E-state index in [9.17, 15) is 4.79 Å². The number of unbranched alkanes of at least 4 members (excludes halogenated alkanes) is 1. The van der Waals surface area contributed by atoms with Gasteiger partial charge in [-0.3, -0.25) is 4.79 Å². The minimum atomic E-state index is -0.196. The number of rotatable bonds is 6. The predicted octanol–water partition coefficient (Wildman–Crippen LogP) is 1.81. The first-order valence-electron chi connectivity index (χ1n) is 6.59. The third kappa shape index (κ3) is 3.34. The summed E-state index contributed by atoms with van der Waals surface area (Å²) in [6.07, 6.45) is 3.61. The molecule has 1 N–H and O–H groups in total. The summed E-state index contributed by atoms with van der Waals surface area (Å²) in [7, 11) is 1.61. The lowest BCUT2D eigenvalue weighted by Crippen LogP contribution is -2.24. The Bertz CT molecular complexity index is 563. The van der Waals surface area contributed by atoms with Crippen LogP contribution in [0.15, 0.2) is 30.5 Å². The highest BCUT2D eigenvalue weighted by atomic mass is 16.5. The summed E-state index contributed by atoms with van der Waals surface area (Å²) in [5.41, 5.74) is 1.14. The molecule has 106 valence electrons. The van der Waals surface area contributed by atoms with Crippen molar-refractivity contribution in [2.24, 2.45) is 0 Å². The maximum absolute atomic E-state index is 11.8. The lowest BCUT2D eigenvalue weighted by Gasteiger charge is -2.02. The lowest BCUT2D eigenvalue weighted by molar-refractivity contribution is 0.0948. The highest BCUT2D eigenvalue weighted by molar-refractivity contribution is 5.91. The summed E-state index contributed by atoms with van der Waals surface area (Å²) in [5.74, 6) is 0.574. The van der Waals surface area contributed by atoms with E-state index in [2.05, 4.69) is 22.6 Å². The normalized spacial score (nSPS) is 10.3. The van der Waals surface area contributed by atoms with Crippen LogP contribution < -0.4 is 10.1 Å². The molecule has 0 fully saturated rings. The Labute approximate surface area is 117 Å². The minimum absolute atomic E-state index is 0.196. The fourth-order valence-corrected chi connectivity index (χ4v) is 1.70. The summed E-state index contributed by atoms with van der Waals surface area (Å²) in [4.78, 5) is 11.8. The van der Waals surface area contributed by atoms with Crippen molar-refractivity contribution < 1.29 is 9.53 Å². The molecule has 0 aliphatic rings. The molecule has 2 aromatic rings. The van der Waals surface area contributed by atoms with Gasteiger partial charge < -0.3 is 10.1 Å². The molecule has 0 saturated heterocycles. The van der Waals surface area contributed by atoms with E-state index in [1.165, 1.54) is 0 Å². The van der Waals surface area contributed by atoms with Gasteiger partial charge in [-0.15, -0.1) is 5.10 Å².